The molecule has 0 bridgehead atoms. The van der Waals surface area contributed by atoms with E-state index < -0.39 is 0 Å². The number of halogens is 1. The van der Waals surface area contributed by atoms with Crippen LogP contribution in [0.3, 0.4) is 0 Å². The first kappa shape index (κ1) is 22.5. The zero-order chi connectivity index (χ0) is 22.7. The van der Waals surface area contributed by atoms with Gasteiger partial charge >= 0.3 is 0 Å². The highest BCUT2D eigenvalue weighted by atomic mass is 35.5. The van der Waals surface area contributed by atoms with E-state index in [2.05, 4.69) is 20.2 Å². The Kier molecular flexibility index (Phi) is 6.65. The molecule has 2 amide bonds. The summed E-state index contributed by atoms with van der Waals surface area (Å²) in [6, 6.07) is 7.72. The lowest BCUT2D eigenvalue weighted by Crippen LogP contribution is -2.50. The van der Waals surface area contributed by atoms with Crippen molar-refractivity contribution < 1.29 is 9.59 Å². The van der Waals surface area contributed by atoms with Crippen molar-refractivity contribution in [3.8, 4) is 0 Å². The number of carbonyl (C=O) groups is 2. The highest BCUT2D eigenvalue weighted by molar-refractivity contribution is 6.30. The zero-order valence-corrected chi connectivity index (χ0v) is 19.5. The molecule has 2 aromatic rings. The van der Waals surface area contributed by atoms with Gasteiger partial charge in [0.1, 0.15) is 5.82 Å². The van der Waals surface area contributed by atoms with E-state index in [1.165, 1.54) is 0 Å². The van der Waals surface area contributed by atoms with Crippen molar-refractivity contribution in [2.45, 2.75) is 51.5 Å². The average Bonchev–Trinajstić information content (AvgIpc) is 3.16. The van der Waals surface area contributed by atoms with E-state index in [0.717, 1.165) is 42.3 Å². The number of piperazine rings is 1. The van der Waals surface area contributed by atoms with Gasteiger partial charge in [0.15, 0.2) is 0 Å². The Morgan fingerprint density at radius 1 is 1.16 bits per heavy atom. The minimum atomic E-state index is -0.364. The number of nitrogens with zero attached hydrogens (tertiary/aromatic N) is 4. The normalized spacial score (nSPS) is 21.0. The van der Waals surface area contributed by atoms with E-state index in [0.29, 0.717) is 43.8 Å². The van der Waals surface area contributed by atoms with Gasteiger partial charge in [0.25, 0.3) is 0 Å². The lowest BCUT2D eigenvalue weighted by atomic mass is 9.85. The van der Waals surface area contributed by atoms with E-state index in [1.54, 1.807) is 6.20 Å². The fourth-order valence-electron chi connectivity index (χ4n) is 4.67. The van der Waals surface area contributed by atoms with Crippen molar-refractivity contribution in [1.82, 2.24) is 20.2 Å². The third-order valence-corrected chi connectivity index (χ3v) is 6.74. The van der Waals surface area contributed by atoms with Gasteiger partial charge in [-0.15, -0.1) is 0 Å². The van der Waals surface area contributed by atoms with Gasteiger partial charge in [-0.1, -0.05) is 23.7 Å². The molecule has 4 rings (SSSR count). The van der Waals surface area contributed by atoms with E-state index in [-0.39, 0.29) is 17.4 Å². The molecule has 7 nitrogen and oxygen atoms in total. The number of nitrogens with one attached hydrogen (secondary N) is 1. The summed E-state index contributed by atoms with van der Waals surface area (Å²) in [5.74, 6) is 1.12. The number of amides is 2. The molecule has 0 radical (unpaired) electrons. The molecule has 0 aliphatic carbocycles. The van der Waals surface area contributed by atoms with Crippen LogP contribution < -0.4 is 10.2 Å². The maximum absolute atomic E-state index is 13.0. The number of hydrogen-bond donors (Lipinski definition) is 1. The fourth-order valence-corrected chi connectivity index (χ4v) is 4.80. The van der Waals surface area contributed by atoms with Crippen LogP contribution in [0, 0.1) is 13.8 Å². The standard InChI is InChI=1S/C24H30ClN5O2/c1-17-16-26-18(2)23(27-17)30-13-11-29(12-14-30)22(32)8-10-24(9-7-21(31)28-24)15-19-3-5-20(25)6-4-19/h3-6,16H,7-15H2,1-2H3,(H,28,31). The van der Waals surface area contributed by atoms with Gasteiger partial charge < -0.3 is 15.1 Å². The molecular weight excluding hydrogens is 426 g/mol. The molecule has 8 heteroatoms. The second-order valence-electron chi connectivity index (χ2n) is 8.92. The fraction of sp³-hybridized carbons (Fsp3) is 0.500. The summed E-state index contributed by atoms with van der Waals surface area (Å²) in [5.41, 5.74) is 2.56. The van der Waals surface area contributed by atoms with Gasteiger partial charge in [0.2, 0.25) is 11.8 Å². The van der Waals surface area contributed by atoms with Crippen LogP contribution in [-0.4, -0.2) is 58.4 Å². The highest BCUT2D eigenvalue weighted by Gasteiger charge is 2.38. The van der Waals surface area contributed by atoms with Crippen LogP contribution in [0.25, 0.3) is 0 Å². The Morgan fingerprint density at radius 3 is 2.53 bits per heavy atom. The topological polar surface area (TPSA) is 78.4 Å². The number of anilines is 1. The molecule has 0 spiro atoms. The van der Waals surface area contributed by atoms with Crippen molar-refractivity contribution in [2.75, 3.05) is 31.1 Å². The third-order valence-electron chi connectivity index (χ3n) is 6.49. The molecule has 0 saturated carbocycles. The maximum Gasteiger partial charge on any atom is 0.222 e. The van der Waals surface area contributed by atoms with Crippen LogP contribution in [0.4, 0.5) is 5.82 Å². The van der Waals surface area contributed by atoms with Gasteiger partial charge in [0.05, 0.1) is 11.4 Å². The number of benzene rings is 1. The molecule has 1 atom stereocenters. The van der Waals surface area contributed by atoms with Crippen molar-refractivity contribution in [3.63, 3.8) is 0 Å². The molecule has 1 N–H and O–H groups in total. The van der Waals surface area contributed by atoms with Crippen LogP contribution in [0.1, 0.15) is 42.6 Å². The van der Waals surface area contributed by atoms with E-state index in [9.17, 15) is 9.59 Å². The van der Waals surface area contributed by atoms with Crippen LogP contribution in [-0.2, 0) is 16.0 Å². The smallest absolute Gasteiger partial charge is 0.222 e. The highest BCUT2D eigenvalue weighted by Crippen LogP contribution is 2.30. The van der Waals surface area contributed by atoms with Gasteiger partial charge in [-0.2, -0.15) is 0 Å². The van der Waals surface area contributed by atoms with Crippen LogP contribution in [0.5, 0.6) is 0 Å². The number of rotatable bonds is 6. The summed E-state index contributed by atoms with van der Waals surface area (Å²) in [6.45, 7) is 6.75. The molecule has 1 aromatic carbocycles. The Balaban J connectivity index is 1.34. The summed E-state index contributed by atoms with van der Waals surface area (Å²) in [5, 5.41) is 3.86. The average molecular weight is 456 g/mol. The lowest BCUT2D eigenvalue weighted by Gasteiger charge is -2.37. The summed E-state index contributed by atoms with van der Waals surface area (Å²) in [4.78, 5) is 38.2. The zero-order valence-electron chi connectivity index (χ0n) is 18.7. The first-order chi connectivity index (χ1) is 15.3. The number of aryl methyl sites for hydroxylation is 2. The largest absolute Gasteiger partial charge is 0.352 e. The Hall–Kier alpha value is -2.67. The summed E-state index contributed by atoms with van der Waals surface area (Å²) in [7, 11) is 0. The molecule has 1 unspecified atom stereocenters. The molecule has 2 fully saturated rings. The van der Waals surface area contributed by atoms with E-state index in [1.807, 2.05) is 43.0 Å². The Morgan fingerprint density at radius 2 is 1.88 bits per heavy atom. The molecule has 2 aliphatic heterocycles. The minimum Gasteiger partial charge on any atom is -0.352 e. The van der Waals surface area contributed by atoms with E-state index in [4.69, 9.17) is 11.6 Å². The summed E-state index contributed by atoms with van der Waals surface area (Å²) in [6.07, 6.45) is 4.82. The van der Waals surface area contributed by atoms with Gasteiger partial charge in [-0.3, -0.25) is 14.6 Å². The molecule has 3 heterocycles. The Labute approximate surface area is 194 Å². The molecule has 1 aromatic heterocycles. The number of hydrogen-bond acceptors (Lipinski definition) is 5. The van der Waals surface area contributed by atoms with Crippen molar-refractivity contribution in [1.29, 1.82) is 0 Å². The van der Waals surface area contributed by atoms with Crippen molar-refractivity contribution in [2.24, 2.45) is 0 Å². The summed E-state index contributed by atoms with van der Waals surface area (Å²) < 4.78 is 0. The first-order valence-electron chi connectivity index (χ1n) is 11.2. The number of carbonyl (C=O) groups excluding carboxylic acids is 2. The lowest BCUT2D eigenvalue weighted by molar-refractivity contribution is -0.132. The minimum absolute atomic E-state index is 0.0645. The predicted molar refractivity (Wildman–Crippen MR) is 125 cm³/mol. The van der Waals surface area contributed by atoms with Gasteiger partial charge in [-0.25, -0.2) is 4.98 Å². The first-order valence-corrected chi connectivity index (χ1v) is 11.6. The maximum atomic E-state index is 13.0. The molecule has 2 aliphatic rings. The molecular formula is C24H30ClN5O2. The second-order valence-corrected chi connectivity index (χ2v) is 9.36. The second kappa shape index (κ2) is 9.45. The summed E-state index contributed by atoms with van der Waals surface area (Å²) >= 11 is 6.01. The SMILES string of the molecule is Cc1cnc(C)c(N2CCN(C(=O)CCC3(Cc4ccc(Cl)cc4)CCC(=O)N3)CC2)n1. The van der Waals surface area contributed by atoms with Crippen molar-refractivity contribution >= 4 is 29.2 Å². The quantitative estimate of drug-likeness (QED) is 0.724. The monoisotopic (exact) mass is 455 g/mol. The Bertz CT molecular complexity index is 988. The third kappa shape index (κ3) is 5.21. The van der Waals surface area contributed by atoms with Gasteiger partial charge in [0, 0.05) is 55.8 Å². The molecule has 170 valence electrons. The molecule has 2 saturated heterocycles. The molecule has 32 heavy (non-hydrogen) atoms. The van der Waals surface area contributed by atoms with Crippen LogP contribution in [0.2, 0.25) is 5.02 Å². The van der Waals surface area contributed by atoms with Crippen LogP contribution >= 0.6 is 11.6 Å². The van der Waals surface area contributed by atoms with Crippen LogP contribution in [0.15, 0.2) is 30.5 Å². The van der Waals surface area contributed by atoms with Crippen molar-refractivity contribution in [3.05, 3.63) is 52.4 Å². The van der Waals surface area contributed by atoms with E-state index >= 15 is 0 Å². The predicted octanol–water partition coefficient (Wildman–Crippen LogP) is 3.07. The van der Waals surface area contributed by atoms with Gasteiger partial charge in [-0.05, 0) is 50.8 Å². The number of aromatic nitrogens is 2.